The van der Waals surface area contributed by atoms with Crippen LogP contribution in [0.15, 0.2) is 48.6 Å². The molecule has 0 spiro atoms. The second-order valence-electron chi connectivity index (χ2n) is 6.49. The van der Waals surface area contributed by atoms with E-state index in [9.17, 15) is 14.3 Å². The SMILES string of the molecule is Cc1c(C(=O)[O-])ccc2c1N[C@H](c1ccccc1F)[C@H]1CC=C[C@@H]21. The van der Waals surface area contributed by atoms with Crippen LogP contribution in [0.4, 0.5) is 10.1 Å². The summed E-state index contributed by atoms with van der Waals surface area (Å²) in [5.74, 6) is -1.04. The Morgan fingerprint density at radius 2 is 2.00 bits per heavy atom. The molecular weight excluding hydrogens is 305 g/mol. The Morgan fingerprint density at radius 3 is 2.75 bits per heavy atom. The first-order valence-corrected chi connectivity index (χ1v) is 8.10. The summed E-state index contributed by atoms with van der Waals surface area (Å²) in [7, 11) is 0. The zero-order valence-electron chi connectivity index (χ0n) is 13.3. The molecule has 1 aliphatic carbocycles. The molecule has 0 aromatic heterocycles. The maximum atomic E-state index is 14.4. The molecule has 122 valence electrons. The van der Waals surface area contributed by atoms with Crippen molar-refractivity contribution in [2.24, 2.45) is 5.92 Å². The van der Waals surface area contributed by atoms with Crippen molar-refractivity contribution in [1.82, 2.24) is 0 Å². The smallest absolute Gasteiger partial charge is 0.128 e. The molecule has 0 unspecified atom stereocenters. The number of fused-ring (bicyclic) bond motifs is 3. The largest absolute Gasteiger partial charge is 0.545 e. The summed E-state index contributed by atoms with van der Waals surface area (Å²) in [6.45, 7) is 1.77. The minimum Gasteiger partial charge on any atom is -0.545 e. The molecule has 0 radical (unpaired) electrons. The second kappa shape index (κ2) is 5.48. The zero-order valence-corrected chi connectivity index (χ0v) is 13.3. The highest BCUT2D eigenvalue weighted by atomic mass is 19.1. The molecule has 4 rings (SSSR count). The summed E-state index contributed by atoms with van der Waals surface area (Å²) >= 11 is 0. The number of carbonyl (C=O) groups is 1. The normalized spacial score (nSPS) is 24.2. The molecule has 1 aliphatic heterocycles. The first-order chi connectivity index (χ1) is 11.6. The lowest BCUT2D eigenvalue weighted by Crippen LogP contribution is -2.31. The highest BCUT2D eigenvalue weighted by molar-refractivity contribution is 5.90. The summed E-state index contributed by atoms with van der Waals surface area (Å²) in [5, 5.41) is 14.7. The highest BCUT2D eigenvalue weighted by Gasteiger charge is 2.39. The van der Waals surface area contributed by atoms with Crippen LogP contribution in [-0.4, -0.2) is 5.97 Å². The molecule has 3 nitrogen and oxygen atoms in total. The molecule has 2 aliphatic rings. The number of nitrogens with one attached hydrogen (secondary N) is 1. The molecule has 2 aromatic rings. The minimum absolute atomic E-state index is 0.167. The molecule has 0 amide bonds. The van der Waals surface area contributed by atoms with Gasteiger partial charge in [-0.15, -0.1) is 0 Å². The summed E-state index contributed by atoms with van der Waals surface area (Å²) in [6, 6.07) is 10.1. The van der Waals surface area contributed by atoms with Gasteiger partial charge in [0.15, 0.2) is 0 Å². The van der Waals surface area contributed by atoms with E-state index in [1.807, 2.05) is 12.1 Å². The van der Waals surface area contributed by atoms with Crippen molar-refractivity contribution in [2.75, 3.05) is 5.32 Å². The number of carboxylic acids is 1. The van der Waals surface area contributed by atoms with Crippen molar-refractivity contribution in [3.8, 4) is 0 Å². The highest BCUT2D eigenvalue weighted by Crippen LogP contribution is 2.51. The molecule has 0 saturated heterocycles. The lowest BCUT2D eigenvalue weighted by atomic mass is 9.76. The van der Waals surface area contributed by atoms with E-state index >= 15 is 0 Å². The molecule has 1 heterocycles. The van der Waals surface area contributed by atoms with Crippen LogP contribution in [0.1, 0.15) is 45.4 Å². The van der Waals surface area contributed by atoms with Crippen molar-refractivity contribution in [1.29, 1.82) is 0 Å². The monoisotopic (exact) mass is 322 g/mol. The van der Waals surface area contributed by atoms with Crippen LogP contribution in [0.3, 0.4) is 0 Å². The zero-order chi connectivity index (χ0) is 16.8. The number of rotatable bonds is 2. The van der Waals surface area contributed by atoms with Crippen molar-refractivity contribution >= 4 is 11.7 Å². The Balaban J connectivity index is 1.87. The Kier molecular flexibility index (Phi) is 3.41. The first kappa shape index (κ1) is 14.9. The Hall–Kier alpha value is -2.62. The molecule has 2 aromatic carbocycles. The van der Waals surface area contributed by atoms with Gasteiger partial charge in [-0.3, -0.25) is 0 Å². The van der Waals surface area contributed by atoms with Crippen molar-refractivity contribution in [3.63, 3.8) is 0 Å². The Bertz CT molecular complexity index is 859. The summed E-state index contributed by atoms with van der Waals surface area (Å²) in [4.78, 5) is 11.3. The van der Waals surface area contributed by atoms with Gasteiger partial charge < -0.3 is 15.2 Å². The maximum absolute atomic E-state index is 14.4. The van der Waals surface area contributed by atoms with Gasteiger partial charge in [0.2, 0.25) is 0 Å². The van der Waals surface area contributed by atoms with E-state index in [1.54, 1.807) is 25.1 Å². The van der Waals surface area contributed by atoms with E-state index in [0.717, 1.165) is 17.7 Å². The fraction of sp³-hybridized carbons (Fsp3) is 0.250. The third-order valence-electron chi connectivity index (χ3n) is 5.26. The van der Waals surface area contributed by atoms with Crippen molar-refractivity contribution in [3.05, 3.63) is 76.6 Å². The van der Waals surface area contributed by atoms with Crippen LogP contribution in [0.5, 0.6) is 0 Å². The van der Waals surface area contributed by atoms with Crippen LogP contribution >= 0.6 is 0 Å². The standard InChI is InChI=1S/C20H18FNO2/c1-11-12(20(23)24)9-10-15-13-6-4-7-14(13)19(22-18(11)15)16-5-2-3-8-17(16)21/h2-6,8-10,13-14,19,22H,7H2,1H3,(H,23,24)/p-1/t13-,14+,19+/m1/s1. The van der Waals surface area contributed by atoms with E-state index in [1.165, 1.54) is 6.07 Å². The van der Waals surface area contributed by atoms with Gasteiger partial charge in [-0.2, -0.15) is 0 Å². The van der Waals surface area contributed by atoms with Gasteiger partial charge in [0.25, 0.3) is 0 Å². The molecular formula is C20H17FNO2-. The molecule has 3 atom stereocenters. The van der Waals surface area contributed by atoms with E-state index in [-0.39, 0.29) is 29.3 Å². The quantitative estimate of drug-likeness (QED) is 0.863. The Morgan fingerprint density at radius 1 is 1.21 bits per heavy atom. The van der Waals surface area contributed by atoms with E-state index in [2.05, 4.69) is 17.5 Å². The third-order valence-corrected chi connectivity index (χ3v) is 5.26. The van der Waals surface area contributed by atoms with Crippen LogP contribution in [-0.2, 0) is 0 Å². The molecule has 24 heavy (non-hydrogen) atoms. The van der Waals surface area contributed by atoms with E-state index in [0.29, 0.717) is 11.1 Å². The molecule has 0 fully saturated rings. The van der Waals surface area contributed by atoms with Gasteiger partial charge in [-0.1, -0.05) is 42.5 Å². The fourth-order valence-electron chi connectivity index (χ4n) is 4.07. The number of hydrogen-bond donors (Lipinski definition) is 1. The van der Waals surface area contributed by atoms with Crippen LogP contribution in [0.25, 0.3) is 0 Å². The first-order valence-electron chi connectivity index (χ1n) is 8.10. The number of halogens is 1. The number of carboxylic acid groups (broad SMARTS) is 1. The number of aromatic carboxylic acids is 1. The van der Waals surface area contributed by atoms with Crippen LogP contribution in [0.2, 0.25) is 0 Å². The lowest BCUT2D eigenvalue weighted by molar-refractivity contribution is -0.255. The maximum Gasteiger partial charge on any atom is 0.128 e. The average molecular weight is 322 g/mol. The van der Waals surface area contributed by atoms with Gasteiger partial charge in [0.05, 0.1) is 12.0 Å². The van der Waals surface area contributed by atoms with E-state index < -0.39 is 5.97 Å². The van der Waals surface area contributed by atoms with Crippen LogP contribution in [0, 0.1) is 18.7 Å². The van der Waals surface area contributed by atoms with E-state index in [4.69, 9.17) is 0 Å². The van der Waals surface area contributed by atoms with Gasteiger partial charge in [0.1, 0.15) is 5.82 Å². The van der Waals surface area contributed by atoms with Gasteiger partial charge >= 0.3 is 0 Å². The average Bonchev–Trinajstić information content (AvgIpc) is 3.05. The third kappa shape index (κ3) is 2.13. The van der Waals surface area contributed by atoms with Gasteiger partial charge in [-0.25, -0.2) is 4.39 Å². The summed E-state index contributed by atoms with van der Waals surface area (Å²) < 4.78 is 14.4. The number of allylic oxidation sites excluding steroid dienone is 2. The summed E-state index contributed by atoms with van der Waals surface area (Å²) in [5.41, 5.74) is 3.31. The predicted molar refractivity (Wildman–Crippen MR) is 88.3 cm³/mol. The molecule has 1 N–H and O–H groups in total. The van der Waals surface area contributed by atoms with Crippen molar-refractivity contribution < 1.29 is 14.3 Å². The number of anilines is 1. The topological polar surface area (TPSA) is 52.2 Å². The van der Waals surface area contributed by atoms with Crippen molar-refractivity contribution in [2.45, 2.75) is 25.3 Å². The van der Waals surface area contributed by atoms with Crippen LogP contribution < -0.4 is 10.4 Å². The number of benzene rings is 2. The molecule has 0 saturated carbocycles. The Labute approximate surface area is 139 Å². The van der Waals surface area contributed by atoms with Gasteiger partial charge in [0, 0.05) is 22.7 Å². The number of carbonyl (C=O) groups excluding carboxylic acids is 1. The predicted octanol–water partition coefficient (Wildman–Crippen LogP) is 3.32. The minimum atomic E-state index is -1.19. The lowest BCUT2D eigenvalue weighted by Gasteiger charge is -2.39. The van der Waals surface area contributed by atoms with Gasteiger partial charge in [-0.05, 0) is 36.5 Å². The molecule has 4 heteroatoms. The molecule has 0 bridgehead atoms. The second-order valence-corrected chi connectivity index (χ2v) is 6.49. The summed E-state index contributed by atoms with van der Waals surface area (Å²) in [6.07, 6.45) is 5.15. The number of hydrogen-bond acceptors (Lipinski definition) is 3. The fourth-order valence-corrected chi connectivity index (χ4v) is 4.07.